The molecule has 5 aromatic rings. The zero-order valence-corrected chi connectivity index (χ0v) is 39.0. The van der Waals surface area contributed by atoms with Gasteiger partial charge in [0.15, 0.2) is 0 Å². The van der Waals surface area contributed by atoms with Crippen LogP contribution >= 0.6 is 15.9 Å². The number of urea groups is 2. The van der Waals surface area contributed by atoms with Gasteiger partial charge in [0.25, 0.3) is 20.0 Å². The number of carbonyl (C=O) groups is 4. The Hall–Kier alpha value is -6.48. The Bertz CT molecular complexity index is 2900. The van der Waals surface area contributed by atoms with E-state index < -0.39 is 55.2 Å². The molecule has 64 heavy (non-hydrogen) atoms. The van der Waals surface area contributed by atoms with Crippen LogP contribution in [0, 0.1) is 11.8 Å². The van der Waals surface area contributed by atoms with Crippen molar-refractivity contribution < 1.29 is 45.5 Å². The zero-order valence-electron chi connectivity index (χ0n) is 35.8. The Morgan fingerprint density at radius 3 is 1.48 bits per heavy atom. The molecule has 0 bridgehead atoms. The number of nitrogens with zero attached hydrogens (tertiary/aromatic N) is 2. The van der Waals surface area contributed by atoms with Gasteiger partial charge in [-0.25, -0.2) is 44.6 Å². The Morgan fingerprint density at radius 1 is 0.594 bits per heavy atom. The highest BCUT2D eigenvalue weighted by atomic mass is 79.9. The minimum atomic E-state index is -4.12. The highest BCUT2D eigenvalue weighted by Gasteiger charge is 2.38. The normalized spacial score (nSPS) is 14.8. The molecule has 0 aliphatic carbocycles. The first kappa shape index (κ1) is 47.0. The third-order valence-electron chi connectivity index (χ3n) is 9.20. The molecule has 14 nitrogen and oxygen atoms in total. The molecule has 7 rings (SSSR count). The molecule has 2 N–H and O–H groups in total. The van der Waals surface area contributed by atoms with Gasteiger partial charge in [-0.15, -0.1) is 0 Å². The van der Waals surface area contributed by atoms with Gasteiger partial charge in [0.05, 0.1) is 35.6 Å². The van der Waals surface area contributed by atoms with Gasteiger partial charge in [-0.05, 0) is 119 Å². The van der Waals surface area contributed by atoms with Crippen molar-refractivity contribution in [3.8, 4) is 11.8 Å². The van der Waals surface area contributed by atoms with Gasteiger partial charge in [0.1, 0.15) is 21.0 Å². The van der Waals surface area contributed by atoms with E-state index in [1.54, 1.807) is 108 Å². The van der Waals surface area contributed by atoms with Crippen LogP contribution in [-0.2, 0) is 49.0 Å². The summed E-state index contributed by atoms with van der Waals surface area (Å²) in [4.78, 5) is 49.3. The van der Waals surface area contributed by atoms with Crippen LogP contribution in [0.15, 0.2) is 130 Å². The molecule has 0 spiro atoms. The second-order valence-electron chi connectivity index (χ2n) is 16.6. The molecule has 0 atom stereocenters. The fraction of sp³-hybridized carbons (Fsp3) is 0.234. The molecule has 5 aromatic carbocycles. The number of amides is 4. The van der Waals surface area contributed by atoms with Gasteiger partial charge in [0.2, 0.25) is 0 Å². The Morgan fingerprint density at radius 2 is 1.03 bits per heavy atom. The van der Waals surface area contributed by atoms with E-state index in [4.69, 9.17) is 9.47 Å². The average Bonchev–Trinajstić information content (AvgIpc) is 3.21. The van der Waals surface area contributed by atoms with Crippen LogP contribution in [0.3, 0.4) is 0 Å². The molecule has 0 radical (unpaired) electrons. The van der Waals surface area contributed by atoms with Crippen molar-refractivity contribution in [1.29, 1.82) is 0 Å². The highest BCUT2D eigenvalue weighted by molar-refractivity contribution is 9.10. The van der Waals surface area contributed by atoms with Crippen LogP contribution in [0.25, 0.3) is 0 Å². The average molecular weight is 970 g/mol. The molecule has 0 aromatic heterocycles. The molecular weight excluding hydrogens is 925 g/mol. The molecule has 2 aliphatic heterocycles. The third kappa shape index (κ3) is 11.6. The second kappa shape index (κ2) is 18.7. The van der Waals surface area contributed by atoms with Gasteiger partial charge < -0.3 is 20.1 Å². The molecule has 2 heterocycles. The monoisotopic (exact) mass is 968 g/mol. The van der Waals surface area contributed by atoms with Crippen molar-refractivity contribution in [2.24, 2.45) is 0 Å². The van der Waals surface area contributed by atoms with E-state index in [9.17, 15) is 36.0 Å². The molecule has 2 aliphatic rings. The predicted octanol–water partition coefficient (Wildman–Crippen LogP) is 9.11. The summed E-state index contributed by atoms with van der Waals surface area (Å²) in [7, 11) is -8.12. The summed E-state index contributed by atoms with van der Waals surface area (Å²) in [6.07, 6.45) is 0.535. The summed E-state index contributed by atoms with van der Waals surface area (Å²) < 4.78 is 65.2. The molecule has 0 saturated heterocycles. The van der Waals surface area contributed by atoms with Crippen LogP contribution in [0.1, 0.15) is 84.5 Å². The maximum Gasteiger partial charge on any atom is 0.338 e. The molecule has 4 amide bonds. The SMILES string of the molecule is CC(C)(C)OC(=O)c1ccc(CN2C(=O)Nc3ccc(Br)cc3S2(=O)=O)cc1.CC(C)(C)OC(=O)c1ccc(CN2C(=O)Nc3ccc(C#CCc4ccccc4)cc3S2(=O)=O)cc1. The number of benzene rings is 5. The molecule has 0 unspecified atom stereocenters. The van der Waals surface area contributed by atoms with E-state index in [-0.39, 0.29) is 34.3 Å². The summed E-state index contributed by atoms with van der Waals surface area (Å²) in [5.41, 5.74) is 2.59. The number of nitrogens with one attached hydrogen (secondary N) is 2. The van der Waals surface area contributed by atoms with E-state index in [0.717, 1.165) is 14.2 Å². The Balaban J connectivity index is 0.000000219. The van der Waals surface area contributed by atoms with Gasteiger partial charge in [0, 0.05) is 16.5 Å². The second-order valence-corrected chi connectivity index (χ2v) is 21.2. The summed E-state index contributed by atoms with van der Waals surface area (Å²) >= 11 is 3.25. The topological polar surface area (TPSA) is 186 Å². The van der Waals surface area contributed by atoms with Crippen LogP contribution in [-0.4, -0.2) is 60.6 Å². The van der Waals surface area contributed by atoms with Crippen LogP contribution in [0.4, 0.5) is 21.0 Å². The van der Waals surface area contributed by atoms with E-state index in [0.29, 0.717) is 38.7 Å². The van der Waals surface area contributed by atoms with Gasteiger partial charge in [-0.1, -0.05) is 82.4 Å². The fourth-order valence-electron chi connectivity index (χ4n) is 6.20. The Labute approximate surface area is 381 Å². The van der Waals surface area contributed by atoms with Crippen LogP contribution in [0.2, 0.25) is 0 Å². The number of hydrogen-bond donors (Lipinski definition) is 2. The lowest BCUT2D eigenvalue weighted by atomic mass is 10.1. The summed E-state index contributed by atoms with van der Waals surface area (Å²) in [6, 6.07) is 30.2. The predicted molar refractivity (Wildman–Crippen MR) is 244 cm³/mol. The minimum absolute atomic E-state index is 0.0148. The Kier molecular flexibility index (Phi) is 13.7. The lowest BCUT2D eigenvalue weighted by Crippen LogP contribution is -2.43. The summed E-state index contributed by atoms with van der Waals surface area (Å²) in [5.74, 6) is 5.11. The van der Waals surface area contributed by atoms with Gasteiger partial charge in [-0.3, -0.25) is 0 Å². The van der Waals surface area contributed by atoms with Gasteiger partial charge >= 0.3 is 24.0 Å². The van der Waals surface area contributed by atoms with Gasteiger partial charge in [-0.2, -0.15) is 0 Å². The fourth-order valence-corrected chi connectivity index (χ4v) is 9.70. The number of anilines is 2. The smallest absolute Gasteiger partial charge is 0.338 e. The zero-order chi connectivity index (χ0) is 46.6. The first-order valence-electron chi connectivity index (χ1n) is 19.8. The summed E-state index contributed by atoms with van der Waals surface area (Å²) in [5, 5.41) is 5.22. The third-order valence-corrected chi connectivity index (χ3v) is 13.2. The number of carbonyl (C=O) groups excluding carboxylic acids is 4. The molecular formula is C47H45BrN4O10S2. The van der Waals surface area contributed by atoms with E-state index in [1.807, 2.05) is 30.3 Å². The van der Waals surface area contributed by atoms with Crippen molar-refractivity contribution in [3.05, 3.63) is 153 Å². The maximum absolute atomic E-state index is 13.3. The lowest BCUT2D eigenvalue weighted by molar-refractivity contribution is 0.00570. The number of esters is 2. The molecule has 0 saturated carbocycles. The number of hydrogen-bond acceptors (Lipinski definition) is 10. The number of fused-ring (bicyclic) bond motifs is 2. The first-order valence-corrected chi connectivity index (χ1v) is 23.5. The van der Waals surface area contributed by atoms with Crippen molar-refractivity contribution >= 4 is 71.4 Å². The van der Waals surface area contributed by atoms with Crippen molar-refractivity contribution in [3.63, 3.8) is 0 Å². The molecule has 0 fully saturated rings. The largest absolute Gasteiger partial charge is 0.456 e. The van der Waals surface area contributed by atoms with Crippen molar-refractivity contribution in [2.45, 2.75) is 82.0 Å². The molecule has 17 heteroatoms. The van der Waals surface area contributed by atoms with E-state index in [2.05, 4.69) is 38.4 Å². The van der Waals surface area contributed by atoms with Crippen molar-refractivity contribution in [2.75, 3.05) is 10.6 Å². The van der Waals surface area contributed by atoms with E-state index >= 15 is 0 Å². The molecule has 332 valence electrons. The maximum atomic E-state index is 13.3. The number of ether oxygens (including phenoxy) is 2. The summed E-state index contributed by atoms with van der Waals surface area (Å²) in [6.45, 7) is 10.3. The van der Waals surface area contributed by atoms with Crippen molar-refractivity contribution in [1.82, 2.24) is 8.61 Å². The minimum Gasteiger partial charge on any atom is -0.456 e. The van der Waals surface area contributed by atoms with Crippen LogP contribution < -0.4 is 10.6 Å². The lowest BCUT2D eigenvalue weighted by Gasteiger charge is -2.29. The standard InChI is InChI=1S/C28H26N2O5S.C19H19BrN2O5S/c1-28(2,3)35-26(31)23-15-12-22(13-16-23)19-30-27(32)29-24-17-14-21(18-25(24)36(30,33)34)11-7-10-20-8-5-4-6-9-20;1-19(2,3)27-17(23)13-6-4-12(5-7-13)11-22-18(24)21-15-9-8-14(20)10-16(15)28(22,25)26/h4-6,8-9,12-18H,10,19H2,1-3H3,(H,29,32);4-10H,11H2,1-3H3,(H,21,24). The first-order chi connectivity index (χ1) is 30.0. The van der Waals surface area contributed by atoms with Crippen LogP contribution in [0.5, 0.6) is 0 Å². The number of rotatable bonds is 7. The van der Waals surface area contributed by atoms with E-state index in [1.165, 1.54) is 18.2 Å². The number of sulfonamides is 2. The quantitative estimate of drug-likeness (QED) is 0.118. The number of halogens is 1. The highest BCUT2D eigenvalue weighted by Crippen LogP contribution is 2.34.